The summed E-state index contributed by atoms with van der Waals surface area (Å²) in [5, 5.41) is 11.0. The molecule has 0 aliphatic rings. The second-order valence-electron chi connectivity index (χ2n) is 16.1. The average molecular weight is 1100 g/mol. The third kappa shape index (κ3) is 36.3. The fraction of sp³-hybridized carbons (Fsp3) is 0.673. The molecule has 0 aliphatic carbocycles. The summed E-state index contributed by atoms with van der Waals surface area (Å²) in [6, 6.07) is 27.1. The zero-order valence-electron chi connectivity index (χ0n) is 44.9. The lowest BCUT2D eigenvalue weighted by atomic mass is 10.2. The molecule has 0 atom stereocenters. The number of hydrogen-bond donors (Lipinski definition) is 1. The normalized spacial score (nSPS) is 11.8. The van der Waals surface area contributed by atoms with E-state index < -0.39 is 7.14 Å². The van der Waals surface area contributed by atoms with E-state index in [1.54, 1.807) is 0 Å². The van der Waals surface area contributed by atoms with E-state index in [1.807, 2.05) is 84.9 Å². The first-order valence-corrected chi connectivity index (χ1v) is 28.3. The van der Waals surface area contributed by atoms with Gasteiger partial charge in [0.05, 0.1) is 244 Å². The van der Waals surface area contributed by atoms with Crippen molar-refractivity contribution in [1.29, 1.82) is 0 Å². The van der Waals surface area contributed by atoms with Crippen LogP contribution in [0.2, 0.25) is 0 Å². The second kappa shape index (κ2) is 51.6. The van der Waals surface area contributed by atoms with Gasteiger partial charge in [0.1, 0.15) is 0 Å². The summed E-state index contributed by atoms with van der Waals surface area (Å²) in [5.41, 5.74) is 0.896. The quantitative estimate of drug-likeness (QED) is 0.0638. The van der Waals surface area contributed by atoms with Gasteiger partial charge in [-0.3, -0.25) is 0 Å². The molecule has 3 aromatic carbocycles. The highest BCUT2D eigenvalue weighted by Gasteiger charge is 2.31. The zero-order chi connectivity index (χ0) is 53.6. The van der Waals surface area contributed by atoms with E-state index in [1.165, 1.54) is 0 Å². The van der Waals surface area contributed by atoms with Gasteiger partial charge in [0, 0.05) is 15.9 Å². The lowest BCUT2D eigenvalue weighted by Gasteiger charge is -2.22. The Kier molecular flexibility index (Phi) is 45.7. The molecule has 0 spiro atoms. The number of rotatable bonds is 58. The van der Waals surface area contributed by atoms with Gasteiger partial charge in [-0.15, -0.1) is 0 Å². The Hall–Kier alpha value is -2.87. The summed E-state index contributed by atoms with van der Waals surface area (Å²) in [5.74, 6) is 0. The first kappa shape index (κ1) is 67.4. The third-order valence-electron chi connectivity index (χ3n) is 10.4. The van der Waals surface area contributed by atoms with Crippen molar-refractivity contribution in [3.05, 3.63) is 90.5 Å². The Morgan fingerprint density at radius 3 is 0.684 bits per heavy atom. The third-order valence-corrected chi connectivity index (χ3v) is 13.6. The molecule has 0 aliphatic heterocycles. The van der Waals surface area contributed by atoms with Gasteiger partial charge in [0.2, 0.25) is 0 Å². The van der Waals surface area contributed by atoms with Gasteiger partial charge in [-0.25, -0.2) is 0 Å². The summed E-state index contributed by atoms with van der Waals surface area (Å²) < 4.78 is 114. The van der Waals surface area contributed by atoms with Gasteiger partial charge >= 0.3 is 0 Å². The van der Waals surface area contributed by atoms with Crippen molar-refractivity contribution in [2.45, 2.75) is 6.61 Å². The maximum absolute atomic E-state index is 14.8. The average Bonchev–Trinajstić information content (AvgIpc) is 3.47. The van der Waals surface area contributed by atoms with Crippen LogP contribution in [0, 0.1) is 0 Å². The highest BCUT2D eigenvalue weighted by atomic mass is 31.2. The van der Waals surface area contributed by atoms with Gasteiger partial charge in [-0.1, -0.05) is 84.9 Å². The van der Waals surface area contributed by atoms with Crippen LogP contribution in [0.3, 0.4) is 0 Å². The molecule has 0 unspecified atom stereocenters. The van der Waals surface area contributed by atoms with Crippen LogP contribution in [-0.4, -0.2) is 243 Å². The molecule has 20 nitrogen and oxygen atoms in total. The zero-order valence-corrected chi connectivity index (χ0v) is 45.8. The van der Waals surface area contributed by atoms with E-state index in [2.05, 4.69) is 0 Å². The lowest BCUT2D eigenvalue weighted by Crippen LogP contribution is -2.27. The molecule has 0 bridgehead atoms. The molecule has 434 valence electrons. The number of aliphatic hydroxyl groups excluding tert-OH is 1. The molecule has 0 radical (unpaired) electrons. The van der Waals surface area contributed by atoms with Crippen molar-refractivity contribution >= 4 is 23.1 Å². The standard InChI is InChI=1S/C55H89O20P/c56-15-16-58-17-18-59-19-20-60-21-22-61-23-24-62-25-26-63-27-28-64-29-30-65-31-32-66-33-34-67-35-36-68-37-38-69-39-40-70-41-42-71-43-44-72-45-46-73-47-48-74-49-50-75-51-52-9-7-8-14-55(52)76(57,53-10-3-1-4-11-53)54-12-5-2-6-13-54/h1-14,56H,15-51H2. The molecule has 3 rings (SSSR count). The summed E-state index contributed by atoms with van der Waals surface area (Å²) in [6.45, 7) is 16.9. The molecule has 0 fully saturated rings. The smallest absolute Gasteiger partial charge is 0.171 e. The molecule has 76 heavy (non-hydrogen) atoms. The van der Waals surface area contributed by atoms with E-state index in [-0.39, 0.29) is 6.61 Å². The van der Waals surface area contributed by atoms with E-state index in [0.717, 1.165) is 21.5 Å². The maximum atomic E-state index is 14.8. The number of aliphatic hydroxyl groups is 1. The van der Waals surface area contributed by atoms with Gasteiger partial charge < -0.3 is 94.9 Å². The van der Waals surface area contributed by atoms with Crippen molar-refractivity contribution in [3.8, 4) is 0 Å². The SMILES string of the molecule is O=P(c1ccccc1)(c1ccccc1)c1ccccc1COCCOCCOCCOCCOCCOCCOCCOCCOCCOCCOCCOCCOCCOCCOCCOCCOCCOCCO. The van der Waals surface area contributed by atoms with Crippen molar-refractivity contribution < 1.29 is 94.9 Å². The molecule has 0 amide bonds. The lowest BCUT2D eigenvalue weighted by molar-refractivity contribution is -0.0311. The minimum atomic E-state index is -3.10. The van der Waals surface area contributed by atoms with Gasteiger partial charge in [-0.2, -0.15) is 0 Å². The van der Waals surface area contributed by atoms with Gasteiger partial charge in [-0.05, 0) is 5.56 Å². The highest BCUT2D eigenvalue weighted by Crippen LogP contribution is 2.43. The summed E-state index contributed by atoms with van der Waals surface area (Å²) in [4.78, 5) is 0. The molecule has 0 saturated heterocycles. The first-order valence-electron chi connectivity index (χ1n) is 26.6. The maximum Gasteiger partial charge on any atom is 0.171 e. The number of hydrogen-bond acceptors (Lipinski definition) is 20. The predicted octanol–water partition coefficient (Wildman–Crippen LogP) is 3.12. The van der Waals surface area contributed by atoms with Crippen LogP contribution in [-0.2, 0) is 96.4 Å². The molecule has 21 heteroatoms. The van der Waals surface area contributed by atoms with E-state index in [0.29, 0.717) is 238 Å². The number of benzene rings is 3. The van der Waals surface area contributed by atoms with Gasteiger partial charge in [0.15, 0.2) is 7.14 Å². The summed E-state index contributed by atoms with van der Waals surface area (Å²) in [7, 11) is -3.10. The van der Waals surface area contributed by atoms with E-state index >= 15 is 0 Å². The van der Waals surface area contributed by atoms with Crippen LogP contribution in [0.15, 0.2) is 84.9 Å². The van der Waals surface area contributed by atoms with Crippen LogP contribution in [0.25, 0.3) is 0 Å². The molecular weight excluding hydrogens is 1010 g/mol. The largest absolute Gasteiger partial charge is 0.394 e. The van der Waals surface area contributed by atoms with Crippen LogP contribution >= 0.6 is 7.14 Å². The Balaban J connectivity index is 0.927. The minimum Gasteiger partial charge on any atom is -0.394 e. The molecule has 0 aromatic heterocycles. The second-order valence-corrected chi connectivity index (χ2v) is 18.8. The van der Waals surface area contributed by atoms with Crippen LogP contribution in [0.1, 0.15) is 5.56 Å². The Morgan fingerprint density at radius 1 is 0.250 bits per heavy atom. The molecule has 1 N–H and O–H groups in total. The van der Waals surface area contributed by atoms with Crippen molar-refractivity contribution in [2.75, 3.05) is 238 Å². The highest BCUT2D eigenvalue weighted by molar-refractivity contribution is 7.85. The Morgan fingerprint density at radius 2 is 0.447 bits per heavy atom. The van der Waals surface area contributed by atoms with Crippen LogP contribution in [0.4, 0.5) is 0 Å². The van der Waals surface area contributed by atoms with Crippen molar-refractivity contribution in [1.82, 2.24) is 0 Å². The van der Waals surface area contributed by atoms with Crippen LogP contribution in [0.5, 0.6) is 0 Å². The summed E-state index contributed by atoms with van der Waals surface area (Å²) in [6.07, 6.45) is 0. The molecule has 0 heterocycles. The first-order chi connectivity index (χ1) is 37.8. The fourth-order valence-electron chi connectivity index (χ4n) is 6.63. The Labute approximate surface area is 451 Å². The van der Waals surface area contributed by atoms with Gasteiger partial charge in [0.25, 0.3) is 0 Å². The van der Waals surface area contributed by atoms with E-state index in [4.69, 9.17) is 90.4 Å². The topological polar surface area (TPSA) is 203 Å². The fourth-order valence-corrected chi connectivity index (χ4v) is 9.51. The van der Waals surface area contributed by atoms with Crippen molar-refractivity contribution in [3.63, 3.8) is 0 Å². The molecular formula is C55H89O20P. The monoisotopic (exact) mass is 1100 g/mol. The molecule has 0 saturated carbocycles. The van der Waals surface area contributed by atoms with Crippen molar-refractivity contribution in [2.24, 2.45) is 0 Å². The predicted molar refractivity (Wildman–Crippen MR) is 286 cm³/mol. The van der Waals surface area contributed by atoms with E-state index in [9.17, 15) is 4.57 Å². The Bertz CT molecular complexity index is 1680. The van der Waals surface area contributed by atoms with Crippen LogP contribution < -0.4 is 15.9 Å². The number of ether oxygens (including phenoxy) is 18. The molecule has 3 aromatic rings. The minimum absolute atomic E-state index is 0.0179. The summed E-state index contributed by atoms with van der Waals surface area (Å²) >= 11 is 0.